The van der Waals surface area contributed by atoms with Crippen LogP contribution < -0.4 is 0 Å². The summed E-state index contributed by atoms with van der Waals surface area (Å²) < 4.78 is 23.9. The quantitative estimate of drug-likeness (QED) is 0.647. The Morgan fingerprint density at radius 3 is 2.41 bits per heavy atom. The maximum atomic E-state index is 11.9. The summed E-state index contributed by atoms with van der Waals surface area (Å²) >= 11 is 0. The number of rotatable bonds is 8. The van der Waals surface area contributed by atoms with Crippen molar-refractivity contribution in [2.24, 2.45) is 0 Å². The van der Waals surface area contributed by atoms with Gasteiger partial charge in [-0.1, -0.05) is 18.2 Å². The number of para-hydroxylation sites is 1. The van der Waals surface area contributed by atoms with Crippen LogP contribution >= 0.6 is 0 Å². The van der Waals surface area contributed by atoms with Gasteiger partial charge in [-0.15, -0.1) is 0 Å². The lowest BCUT2D eigenvalue weighted by atomic mass is 10.1. The zero-order valence-corrected chi connectivity index (χ0v) is 12.8. The number of phenols is 1. The third-order valence-electron chi connectivity index (χ3n) is 3.27. The number of phenolic OH excluding ortho intramolecular Hbond substituents is 1. The number of aliphatic carboxylic acids is 2. The van der Waals surface area contributed by atoms with E-state index in [9.17, 15) is 23.1 Å². The van der Waals surface area contributed by atoms with Gasteiger partial charge in [-0.3, -0.25) is 9.59 Å². The molecule has 0 aliphatic rings. The molecule has 0 fully saturated rings. The number of carboxylic acids is 2. The molecule has 7 nitrogen and oxygen atoms in total. The molecule has 0 saturated carbocycles. The van der Waals surface area contributed by atoms with Crippen molar-refractivity contribution in [2.75, 3.05) is 5.75 Å². The Morgan fingerprint density at radius 1 is 1.23 bits per heavy atom. The average Bonchev–Trinajstić information content (AvgIpc) is 2.40. The van der Waals surface area contributed by atoms with E-state index in [0.717, 1.165) is 0 Å². The summed E-state index contributed by atoms with van der Waals surface area (Å²) in [6.07, 6.45) is -0.609. The second kappa shape index (κ2) is 7.26. The number of aromatic hydroxyl groups is 1. The zero-order chi connectivity index (χ0) is 16.9. The monoisotopic (exact) mass is 330 g/mol. The molecule has 3 N–H and O–H groups in total. The molecule has 0 bridgehead atoms. The lowest BCUT2D eigenvalue weighted by Crippen LogP contribution is -2.34. The molecule has 1 unspecified atom stereocenters. The molecule has 0 aliphatic carbocycles. The topological polar surface area (TPSA) is 129 Å². The third kappa shape index (κ3) is 4.73. The van der Waals surface area contributed by atoms with Crippen molar-refractivity contribution in [3.05, 3.63) is 29.3 Å². The zero-order valence-electron chi connectivity index (χ0n) is 12.0. The summed E-state index contributed by atoms with van der Waals surface area (Å²) in [4.78, 5) is 21.5. The molecule has 122 valence electrons. The van der Waals surface area contributed by atoms with Gasteiger partial charge >= 0.3 is 11.9 Å². The molecule has 1 aromatic rings. The Bertz CT molecular complexity index is 664. The highest BCUT2D eigenvalue weighted by atomic mass is 32.2. The molecule has 1 rings (SSSR count). The Hall–Kier alpha value is -2.09. The van der Waals surface area contributed by atoms with Gasteiger partial charge < -0.3 is 15.3 Å². The molecule has 0 radical (unpaired) electrons. The van der Waals surface area contributed by atoms with E-state index >= 15 is 0 Å². The van der Waals surface area contributed by atoms with E-state index in [1.54, 1.807) is 25.1 Å². The predicted molar refractivity (Wildman–Crippen MR) is 78.6 cm³/mol. The summed E-state index contributed by atoms with van der Waals surface area (Å²) in [6, 6.07) is 5.09. The van der Waals surface area contributed by atoms with Gasteiger partial charge in [0, 0.05) is 0 Å². The summed E-state index contributed by atoms with van der Waals surface area (Å²) in [5, 5.41) is 25.4. The number of hydrogen-bond acceptors (Lipinski definition) is 5. The minimum atomic E-state index is -4.07. The number of aryl methyl sites for hydroxylation is 2. The van der Waals surface area contributed by atoms with E-state index in [2.05, 4.69) is 0 Å². The molecule has 1 atom stereocenters. The number of carboxylic acid groups (broad SMARTS) is 2. The van der Waals surface area contributed by atoms with E-state index in [1.165, 1.54) is 0 Å². The van der Waals surface area contributed by atoms with Crippen LogP contribution in [0.5, 0.6) is 5.75 Å². The van der Waals surface area contributed by atoms with Crippen molar-refractivity contribution in [3.8, 4) is 5.75 Å². The maximum Gasteiger partial charge on any atom is 0.322 e. The SMILES string of the molecule is Cc1cccc(CCCS(=O)(=O)C(CC(=O)O)C(=O)O)c1O. The highest BCUT2D eigenvalue weighted by Gasteiger charge is 2.34. The molecule has 0 aliphatic heterocycles. The molecule has 22 heavy (non-hydrogen) atoms. The molecule has 0 heterocycles. The normalized spacial score (nSPS) is 12.8. The van der Waals surface area contributed by atoms with Gasteiger partial charge in [0.05, 0.1) is 12.2 Å². The fraction of sp³-hybridized carbons (Fsp3) is 0.429. The van der Waals surface area contributed by atoms with E-state index < -0.39 is 39.2 Å². The van der Waals surface area contributed by atoms with Crippen LogP contribution in [0.3, 0.4) is 0 Å². The van der Waals surface area contributed by atoms with E-state index in [1.807, 2.05) is 0 Å². The van der Waals surface area contributed by atoms with Gasteiger partial charge in [0.1, 0.15) is 5.75 Å². The van der Waals surface area contributed by atoms with Crippen LogP contribution in [0.15, 0.2) is 18.2 Å². The first-order valence-corrected chi connectivity index (χ1v) is 8.30. The lowest BCUT2D eigenvalue weighted by molar-refractivity contribution is -0.143. The van der Waals surface area contributed by atoms with E-state index in [-0.39, 0.29) is 18.6 Å². The standard InChI is InChI=1S/C14H18O7S/c1-9-4-2-5-10(13(9)17)6-3-7-22(20,21)11(14(18)19)8-12(15)16/h2,4-5,11,17H,3,6-8H2,1H3,(H,15,16)(H,18,19). The fourth-order valence-corrected chi connectivity index (χ4v) is 3.59. The third-order valence-corrected chi connectivity index (χ3v) is 5.36. The van der Waals surface area contributed by atoms with Crippen molar-refractivity contribution in [3.63, 3.8) is 0 Å². The van der Waals surface area contributed by atoms with Gasteiger partial charge in [0.2, 0.25) is 0 Å². The minimum absolute atomic E-state index is 0.0835. The van der Waals surface area contributed by atoms with Gasteiger partial charge in [0.25, 0.3) is 0 Å². The Balaban J connectivity index is 2.74. The second-order valence-electron chi connectivity index (χ2n) is 4.98. The predicted octanol–water partition coefficient (Wildman–Crippen LogP) is 0.976. The summed E-state index contributed by atoms with van der Waals surface area (Å²) in [5.41, 5.74) is 1.23. The first-order chi connectivity index (χ1) is 10.1. The summed E-state index contributed by atoms with van der Waals surface area (Å²) in [6.45, 7) is 1.71. The smallest absolute Gasteiger partial charge is 0.322 e. The van der Waals surface area contributed by atoms with Crippen molar-refractivity contribution in [2.45, 2.75) is 31.4 Å². The number of carbonyl (C=O) groups is 2. The minimum Gasteiger partial charge on any atom is -0.507 e. The van der Waals surface area contributed by atoms with Crippen LogP contribution in [0, 0.1) is 6.92 Å². The molecule has 0 saturated heterocycles. The fourth-order valence-electron chi connectivity index (χ4n) is 2.05. The molecule has 0 spiro atoms. The van der Waals surface area contributed by atoms with Crippen molar-refractivity contribution >= 4 is 21.8 Å². The maximum absolute atomic E-state index is 11.9. The Labute approximate surface area is 128 Å². The van der Waals surface area contributed by atoms with Gasteiger partial charge in [-0.05, 0) is 30.9 Å². The molecule has 8 heteroatoms. The molecule has 0 aromatic heterocycles. The summed E-state index contributed by atoms with van der Waals surface area (Å²) in [5.74, 6) is -3.52. The van der Waals surface area contributed by atoms with Crippen LogP contribution in [-0.4, -0.2) is 46.7 Å². The van der Waals surface area contributed by atoms with E-state index in [4.69, 9.17) is 10.2 Å². The van der Waals surface area contributed by atoms with Crippen molar-refractivity contribution < 1.29 is 33.3 Å². The van der Waals surface area contributed by atoms with Gasteiger partial charge in [-0.2, -0.15) is 0 Å². The largest absolute Gasteiger partial charge is 0.507 e. The van der Waals surface area contributed by atoms with E-state index in [0.29, 0.717) is 11.1 Å². The Kier molecular flexibility index (Phi) is 5.92. The molecule has 1 aromatic carbocycles. The Morgan fingerprint density at radius 2 is 1.86 bits per heavy atom. The number of hydrogen-bond donors (Lipinski definition) is 3. The second-order valence-corrected chi connectivity index (χ2v) is 7.28. The van der Waals surface area contributed by atoms with Crippen LogP contribution in [0.25, 0.3) is 0 Å². The van der Waals surface area contributed by atoms with Crippen molar-refractivity contribution in [1.29, 1.82) is 0 Å². The highest BCUT2D eigenvalue weighted by molar-refractivity contribution is 7.92. The average molecular weight is 330 g/mol. The molecular formula is C14H18O7S. The first kappa shape index (κ1) is 18.0. The van der Waals surface area contributed by atoms with Gasteiger partial charge in [-0.25, -0.2) is 8.42 Å². The van der Waals surface area contributed by atoms with Crippen molar-refractivity contribution in [1.82, 2.24) is 0 Å². The van der Waals surface area contributed by atoms with Crippen LogP contribution in [0.4, 0.5) is 0 Å². The number of benzene rings is 1. The van der Waals surface area contributed by atoms with Crippen LogP contribution in [0.2, 0.25) is 0 Å². The lowest BCUT2D eigenvalue weighted by Gasteiger charge is -2.12. The van der Waals surface area contributed by atoms with Crippen LogP contribution in [0.1, 0.15) is 24.0 Å². The molecular weight excluding hydrogens is 312 g/mol. The number of sulfone groups is 1. The highest BCUT2D eigenvalue weighted by Crippen LogP contribution is 2.23. The summed E-state index contributed by atoms with van der Waals surface area (Å²) in [7, 11) is -4.07. The molecule has 0 amide bonds. The van der Waals surface area contributed by atoms with Crippen LogP contribution in [-0.2, 0) is 25.8 Å². The van der Waals surface area contributed by atoms with Gasteiger partial charge in [0.15, 0.2) is 15.1 Å². The first-order valence-electron chi connectivity index (χ1n) is 6.58.